The van der Waals surface area contributed by atoms with Crippen LogP contribution in [0.1, 0.15) is 64.7 Å². The number of nitrogens with one attached hydrogen (secondary N) is 1. The molecule has 1 aliphatic carbocycles. The van der Waals surface area contributed by atoms with Crippen molar-refractivity contribution in [2.45, 2.75) is 70.8 Å². The SMILES string of the molecule is CCCNC(CC1CCCCCC1)C1=CCCO1. The quantitative estimate of drug-likeness (QED) is 0.720. The van der Waals surface area contributed by atoms with Gasteiger partial charge in [-0.2, -0.15) is 0 Å². The van der Waals surface area contributed by atoms with Crippen LogP contribution in [0, 0.1) is 5.92 Å². The molecular weight excluding hydrogens is 222 g/mol. The van der Waals surface area contributed by atoms with E-state index >= 15 is 0 Å². The molecule has 1 heterocycles. The lowest BCUT2D eigenvalue weighted by atomic mass is 9.91. The van der Waals surface area contributed by atoms with E-state index in [4.69, 9.17) is 4.74 Å². The molecule has 1 fully saturated rings. The van der Waals surface area contributed by atoms with Gasteiger partial charge in [0.15, 0.2) is 0 Å². The maximum atomic E-state index is 5.78. The predicted octanol–water partition coefficient (Wildman–Crippen LogP) is 4.02. The van der Waals surface area contributed by atoms with E-state index in [-0.39, 0.29) is 0 Å². The molecule has 0 amide bonds. The molecule has 2 heteroatoms. The predicted molar refractivity (Wildman–Crippen MR) is 76.5 cm³/mol. The van der Waals surface area contributed by atoms with Gasteiger partial charge in [-0.05, 0) is 31.4 Å². The Morgan fingerprint density at radius 1 is 1.28 bits per heavy atom. The average molecular weight is 251 g/mol. The molecule has 1 atom stereocenters. The zero-order valence-corrected chi connectivity index (χ0v) is 11.9. The Balaban J connectivity index is 1.86. The first-order valence-corrected chi connectivity index (χ1v) is 7.96. The van der Waals surface area contributed by atoms with Gasteiger partial charge in [0, 0.05) is 6.42 Å². The Bertz CT molecular complexity index is 254. The second kappa shape index (κ2) is 7.83. The molecule has 2 aliphatic rings. The van der Waals surface area contributed by atoms with E-state index in [1.165, 1.54) is 57.1 Å². The molecule has 1 unspecified atom stereocenters. The molecule has 0 radical (unpaired) electrons. The lowest BCUT2D eigenvalue weighted by Crippen LogP contribution is -2.34. The fraction of sp³-hybridized carbons (Fsp3) is 0.875. The van der Waals surface area contributed by atoms with E-state index in [2.05, 4.69) is 18.3 Å². The molecule has 2 rings (SSSR count). The third-order valence-corrected chi connectivity index (χ3v) is 4.26. The lowest BCUT2D eigenvalue weighted by Gasteiger charge is -2.24. The average Bonchev–Trinajstić information content (AvgIpc) is 2.80. The number of rotatable bonds is 6. The minimum Gasteiger partial charge on any atom is -0.496 e. The summed E-state index contributed by atoms with van der Waals surface area (Å²) in [6.45, 7) is 4.24. The highest BCUT2D eigenvalue weighted by molar-refractivity contribution is 5.07. The lowest BCUT2D eigenvalue weighted by molar-refractivity contribution is 0.201. The highest BCUT2D eigenvalue weighted by Gasteiger charge is 2.23. The summed E-state index contributed by atoms with van der Waals surface area (Å²) in [7, 11) is 0. The van der Waals surface area contributed by atoms with Crippen LogP contribution in [0.4, 0.5) is 0 Å². The van der Waals surface area contributed by atoms with Crippen molar-refractivity contribution in [2.24, 2.45) is 5.92 Å². The fourth-order valence-corrected chi connectivity index (χ4v) is 3.23. The van der Waals surface area contributed by atoms with Gasteiger partial charge >= 0.3 is 0 Å². The molecule has 0 bridgehead atoms. The van der Waals surface area contributed by atoms with Crippen LogP contribution in [0.15, 0.2) is 11.8 Å². The van der Waals surface area contributed by atoms with Crippen LogP contribution in [-0.4, -0.2) is 19.2 Å². The smallest absolute Gasteiger partial charge is 0.109 e. The van der Waals surface area contributed by atoms with Gasteiger partial charge in [-0.25, -0.2) is 0 Å². The third-order valence-electron chi connectivity index (χ3n) is 4.26. The van der Waals surface area contributed by atoms with E-state index in [0.717, 1.165) is 25.5 Å². The van der Waals surface area contributed by atoms with Crippen LogP contribution in [0.3, 0.4) is 0 Å². The normalized spacial score (nSPS) is 23.3. The second-order valence-electron chi connectivity index (χ2n) is 5.84. The molecule has 0 aromatic carbocycles. The molecule has 0 aromatic rings. The van der Waals surface area contributed by atoms with Crippen LogP contribution in [-0.2, 0) is 4.74 Å². The van der Waals surface area contributed by atoms with Gasteiger partial charge in [-0.3, -0.25) is 0 Å². The van der Waals surface area contributed by atoms with Crippen LogP contribution in [0.2, 0.25) is 0 Å². The van der Waals surface area contributed by atoms with Crippen LogP contribution in [0.25, 0.3) is 0 Å². The van der Waals surface area contributed by atoms with Gasteiger partial charge in [0.25, 0.3) is 0 Å². The topological polar surface area (TPSA) is 21.3 Å². The summed E-state index contributed by atoms with van der Waals surface area (Å²) < 4.78 is 5.78. The van der Waals surface area contributed by atoms with Gasteiger partial charge in [0.05, 0.1) is 12.6 Å². The molecule has 0 saturated heterocycles. The standard InChI is InChI=1S/C16H29NO/c1-2-11-17-15(16-10-7-12-18-16)13-14-8-5-3-4-6-9-14/h10,14-15,17H,2-9,11-13H2,1H3. The summed E-state index contributed by atoms with van der Waals surface area (Å²) in [6.07, 6.45) is 14.5. The largest absolute Gasteiger partial charge is 0.496 e. The summed E-state index contributed by atoms with van der Waals surface area (Å²) in [4.78, 5) is 0. The van der Waals surface area contributed by atoms with Gasteiger partial charge in [-0.1, -0.05) is 45.4 Å². The number of hydrogen-bond donors (Lipinski definition) is 1. The fourth-order valence-electron chi connectivity index (χ4n) is 3.23. The monoisotopic (exact) mass is 251 g/mol. The van der Waals surface area contributed by atoms with Crippen molar-refractivity contribution in [2.75, 3.05) is 13.2 Å². The van der Waals surface area contributed by atoms with Crippen molar-refractivity contribution in [3.8, 4) is 0 Å². The summed E-state index contributed by atoms with van der Waals surface area (Å²) >= 11 is 0. The van der Waals surface area contributed by atoms with Crippen molar-refractivity contribution in [3.05, 3.63) is 11.8 Å². The Kier molecular flexibility index (Phi) is 6.06. The Labute approximate surface area is 112 Å². The molecular formula is C16H29NO. The molecule has 1 saturated carbocycles. The highest BCUT2D eigenvalue weighted by atomic mass is 16.5. The van der Waals surface area contributed by atoms with E-state index in [0.29, 0.717) is 6.04 Å². The third kappa shape index (κ3) is 4.31. The van der Waals surface area contributed by atoms with Crippen molar-refractivity contribution in [3.63, 3.8) is 0 Å². The van der Waals surface area contributed by atoms with E-state index in [1.54, 1.807) is 0 Å². The van der Waals surface area contributed by atoms with Gasteiger partial charge in [-0.15, -0.1) is 0 Å². The van der Waals surface area contributed by atoms with Crippen LogP contribution >= 0.6 is 0 Å². The molecule has 104 valence electrons. The molecule has 0 spiro atoms. The molecule has 1 N–H and O–H groups in total. The van der Waals surface area contributed by atoms with Gasteiger partial charge in [0.1, 0.15) is 5.76 Å². The van der Waals surface area contributed by atoms with Crippen LogP contribution in [0.5, 0.6) is 0 Å². The van der Waals surface area contributed by atoms with Crippen molar-refractivity contribution in [1.82, 2.24) is 5.32 Å². The molecule has 0 aromatic heterocycles. The molecule has 2 nitrogen and oxygen atoms in total. The van der Waals surface area contributed by atoms with Crippen molar-refractivity contribution < 1.29 is 4.74 Å². The first-order valence-electron chi connectivity index (χ1n) is 7.96. The second-order valence-corrected chi connectivity index (χ2v) is 5.84. The van der Waals surface area contributed by atoms with Crippen molar-refractivity contribution >= 4 is 0 Å². The highest BCUT2D eigenvalue weighted by Crippen LogP contribution is 2.29. The number of ether oxygens (including phenoxy) is 1. The summed E-state index contributed by atoms with van der Waals surface area (Å²) in [6, 6.07) is 0.482. The van der Waals surface area contributed by atoms with Crippen molar-refractivity contribution in [1.29, 1.82) is 0 Å². The van der Waals surface area contributed by atoms with Crippen LogP contribution < -0.4 is 5.32 Å². The Morgan fingerprint density at radius 2 is 2.06 bits per heavy atom. The van der Waals surface area contributed by atoms with E-state index < -0.39 is 0 Å². The summed E-state index contributed by atoms with van der Waals surface area (Å²) in [5.41, 5.74) is 0. The first-order chi connectivity index (χ1) is 8.90. The minimum absolute atomic E-state index is 0.482. The zero-order valence-electron chi connectivity index (χ0n) is 11.9. The summed E-state index contributed by atoms with van der Waals surface area (Å²) in [5.74, 6) is 2.14. The van der Waals surface area contributed by atoms with Gasteiger partial charge < -0.3 is 10.1 Å². The molecule has 1 aliphatic heterocycles. The summed E-state index contributed by atoms with van der Waals surface area (Å²) in [5, 5.41) is 3.69. The van der Waals surface area contributed by atoms with E-state index in [9.17, 15) is 0 Å². The number of hydrogen-bond acceptors (Lipinski definition) is 2. The maximum Gasteiger partial charge on any atom is 0.109 e. The van der Waals surface area contributed by atoms with E-state index in [1.807, 2.05) is 0 Å². The Hall–Kier alpha value is -0.500. The maximum absolute atomic E-state index is 5.78. The molecule has 18 heavy (non-hydrogen) atoms. The Morgan fingerprint density at radius 3 is 2.67 bits per heavy atom. The zero-order chi connectivity index (χ0) is 12.6. The van der Waals surface area contributed by atoms with Gasteiger partial charge in [0.2, 0.25) is 0 Å². The minimum atomic E-state index is 0.482. The first kappa shape index (κ1) is 13.9.